The summed E-state index contributed by atoms with van der Waals surface area (Å²) in [6.07, 6.45) is 31.0. The van der Waals surface area contributed by atoms with Crippen LogP contribution in [0.1, 0.15) is 202 Å². The van der Waals surface area contributed by atoms with Crippen molar-refractivity contribution in [2.75, 3.05) is 13.2 Å². The van der Waals surface area contributed by atoms with Crippen molar-refractivity contribution in [3.63, 3.8) is 0 Å². The molecule has 0 aromatic carbocycles. The van der Waals surface area contributed by atoms with E-state index in [9.17, 15) is 14.4 Å². The molecule has 3 atom stereocenters. The third kappa shape index (κ3) is 35.7. The van der Waals surface area contributed by atoms with Crippen molar-refractivity contribution in [2.24, 2.45) is 11.7 Å². The minimum Gasteiger partial charge on any atom is -0.480 e. The molecular weight excluding hydrogens is 608 g/mol. The molecule has 0 amide bonds. The van der Waals surface area contributed by atoms with Gasteiger partial charge in [0.15, 0.2) is 0 Å². The molecule has 0 rings (SSSR count). The van der Waals surface area contributed by atoms with Crippen molar-refractivity contribution in [3.8, 4) is 0 Å². The van der Waals surface area contributed by atoms with Crippen molar-refractivity contribution in [2.45, 2.75) is 214 Å². The zero-order valence-corrected chi connectivity index (χ0v) is 32.0. The first-order valence-electron chi connectivity index (χ1n) is 19.9. The van der Waals surface area contributed by atoms with E-state index < -0.39 is 12.0 Å². The number of ether oxygens (including phenoxy) is 1. The van der Waals surface area contributed by atoms with Gasteiger partial charge in [0.25, 0.3) is 0 Å². The molecule has 9 heteroatoms. The SMILES string of the molecule is CCCCCCCCCCCCCC(=O)C(C)CC.CCCCCCCCCCCCCC(=O)OC(CC)CONOCC(N)C(=O)O. The lowest BCUT2D eigenvalue weighted by atomic mass is 9.98. The Morgan fingerprint density at radius 3 is 1.38 bits per heavy atom. The van der Waals surface area contributed by atoms with Gasteiger partial charge in [-0.3, -0.25) is 24.1 Å². The number of nitrogens with one attached hydrogen (secondary N) is 1. The van der Waals surface area contributed by atoms with Crippen LogP contribution in [0.5, 0.6) is 0 Å². The van der Waals surface area contributed by atoms with Gasteiger partial charge in [0, 0.05) is 18.8 Å². The summed E-state index contributed by atoms with van der Waals surface area (Å²) in [5, 5.41) is 8.61. The smallest absolute Gasteiger partial charge is 0.322 e. The maximum absolute atomic E-state index is 11.9. The first-order chi connectivity index (χ1) is 23.2. The van der Waals surface area contributed by atoms with Crippen LogP contribution < -0.4 is 11.4 Å². The largest absolute Gasteiger partial charge is 0.480 e. The number of hydrogen-bond acceptors (Lipinski definition) is 8. The maximum Gasteiger partial charge on any atom is 0.322 e. The molecule has 4 N–H and O–H groups in total. The summed E-state index contributed by atoms with van der Waals surface area (Å²) >= 11 is 0. The Labute approximate surface area is 295 Å². The van der Waals surface area contributed by atoms with Crippen LogP contribution in [0.4, 0.5) is 0 Å². The molecule has 0 saturated heterocycles. The second-order valence-corrected chi connectivity index (χ2v) is 13.5. The third-order valence-corrected chi connectivity index (χ3v) is 8.89. The summed E-state index contributed by atoms with van der Waals surface area (Å²) in [5.41, 5.74) is 7.44. The summed E-state index contributed by atoms with van der Waals surface area (Å²) in [6.45, 7) is 10.4. The van der Waals surface area contributed by atoms with Gasteiger partial charge in [-0.15, -0.1) is 0 Å². The van der Waals surface area contributed by atoms with E-state index in [4.69, 9.17) is 25.3 Å². The summed E-state index contributed by atoms with van der Waals surface area (Å²) in [5.74, 6) is -0.624. The predicted octanol–water partition coefficient (Wildman–Crippen LogP) is 10.2. The van der Waals surface area contributed by atoms with Crippen molar-refractivity contribution in [1.29, 1.82) is 0 Å². The van der Waals surface area contributed by atoms with Crippen molar-refractivity contribution >= 4 is 17.7 Å². The van der Waals surface area contributed by atoms with E-state index >= 15 is 0 Å². The number of ketones is 1. The lowest BCUT2D eigenvalue weighted by molar-refractivity contribution is -0.195. The van der Waals surface area contributed by atoms with Gasteiger partial charge < -0.3 is 15.6 Å². The highest BCUT2D eigenvalue weighted by Gasteiger charge is 2.14. The van der Waals surface area contributed by atoms with Crippen LogP contribution in [0.25, 0.3) is 0 Å². The van der Waals surface area contributed by atoms with Gasteiger partial charge in [-0.1, -0.05) is 169 Å². The van der Waals surface area contributed by atoms with Gasteiger partial charge in [-0.25, -0.2) is 0 Å². The first-order valence-corrected chi connectivity index (χ1v) is 19.9. The average Bonchev–Trinajstić information content (AvgIpc) is 3.08. The van der Waals surface area contributed by atoms with Crippen LogP contribution in [0.2, 0.25) is 0 Å². The minimum absolute atomic E-state index is 0.114. The summed E-state index contributed by atoms with van der Waals surface area (Å²) in [6, 6.07) is -1.13. The van der Waals surface area contributed by atoms with E-state index in [1.54, 1.807) is 0 Å². The first kappa shape index (κ1) is 48.6. The van der Waals surface area contributed by atoms with Crippen LogP contribution in [0.15, 0.2) is 0 Å². The lowest BCUT2D eigenvalue weighted by Gasteiger charge is -2.16. The number of carboxylic acid groups (broad SMARTS) is 1. The second kappa shape index (κ2) is 38.3. The Balaban J connectivity index is 0. The number of esters is 1. The van der Waals surface area contributed by atoms with E-state index in [0.717, 1.165) is 32.1 Å². The van der Waals surface area contributed by atoms with Gasteiger partial charge in [0.1, 0.15) is 24.5 Å². The fourth-order valence-corrected chi connectivity index (χ4v) is 5.21. The highest BCUT2D eigenvalue weighted by Crippen LogP contribution is 2.15. The molecule has 0 bridgehead atoms. The molecule has 3 unspecified atom stereocenters. The quantitative estimate of drug-likeness (QED) is 0.0338. The molecule has 0 aliphatic heterocycles. The molecule has 0 saturated carbocycles. The zero-order chi connectivity index (χ0) is 36.1. The molecule has 0 aliphatic carbocycles. The lowest BCUT2D eigenvalue weighted by Crippen LogP contribution is -2.37. The van der Waals surface area contributed by atoms with Crippen LogP contribution in [0.3, 0.4) is 0 Å². The molecule has 0 fully saturated rings. The fourth-order valence-electron chi connectivity index (χ4n) is 5.21. The standard InChI is InChI=1S/C21H42N2O6.C18H36O/c1-3-5-6-7-8-9-10-11-12-13-14-15-20(24)29-18(4-2)16-27-23-28-17-19(22)21(25)26;1-4-6-7-8-9-10-11-12-13-14-15-16-18(19)17(3)5-2/h18-19,23H,3-17,22H2,1-2H3,(H,25,26);17H,4-16H2,1-3H3. The molecule has 9 nitrogen and oxygen atoms in total. The monoisotopic (exact) mass is 687 g/mol. The number of rotatable bonds is 35. The van der Waals surface area contributed by atoms with Crippen molar-refractivity contribution < 1.29 is 33.9 Å². The van der Waals surface area contributed by atoms with Crippen LogP contribution in [-0.2, 0) is 28.8 Å². The van der Waals surface area contributed by atoms with E-state index in [2.05, 4.69) is 33.3 Å². The van der Waals surface area contributed by atoms with E-state index in [1.807, 2.05) is 6.92 Å². The number of Topliss-reactive ketones (excluding diaryl/α,β-unsaturated/α-hetero) is 1. The zero-order valence-electron chi connectivity index (χ0n) is 32.0. The number of unbranched alkanes of at least 4 members (excludes halogenated alkanes) is 20. The molecule has 0 radical (unpaired) electrons. The summed E-state index contributed by atoms with van der Waals surface area (Å²) in [4.78, 5) is 43.9. The molecule has 0 aliphatic rings. The Morgan fingerprint density at radius 1 is 0.583 bits per heavy atom. The fraction of sp³-hybridized carbons (Fsp3) is 0.923. The minimum atomic E-state index is -1.16. The van der Waals surface area contributed by atoms with Gasteiger partial charge in [-0.2, -0.15) is 0 Å². The molecule has 48 heavy (non-hydrogen) atoms. The van der Waals surface area contributed by atoms with Gasteiger partial charge in [0.05, 0.1) is 6.61 Å². The van der Waals surface area contributed by atoms with Gasteiger partial charge >= 0.3 is 11.9 Å². The van der Waals surface area contributed by atoms with Crippen molar-refractivity contribution in [1.82, 2.24) is 5.64 Å². The normalized spacial score (nSPS) is 13.0. The van der Waals surface area contributed by atoms with Crippen LogP contribution >= 0.6 is 0 Å². The maximum atomic E-state index is 11.9. The predicted molar refractivity (Wildman–Crippen MR) is 197 cm³/mol. The summed E-state index contributed by atoms with van der Waals surface area (Å²) in [7, 11) is 0. The second-order valence-electron chi connectivity index (χ2n) is 13.5. The van der Waals surface area contributed by atoms with E-state index in [-0.39, 0.29) is 31.2 Å². The number of carbonyl (C=O) groups excluding carboxylic acids is 2. The Bertz CT molecular complexity index is 722. The van der Waals surface area contributed by atoms with Crippen LogP contribution in [-0.4, -0.2) is 48.2 Å². The molecule has 0 heterocycles. The van der Waals surface area contributed by atoms with Crippen LogP contribution in [0, 0.1) is 5.92 Å². The number of carboxylic acids is 1. The van der Waals surface area contributed by atoms with E-state index in [1.165, 1.54) is 122 Å². The molecule has 0 aromatic heterocycles. The Kier molecular flexibility index (Phi) is 38.7. The average molecular weight is 687 g/mol. The van der Waals surface area contributed by atoms with Crippen molar-refractivity contribution in [3.05, 3.63) is 0 Å². The highest BCUT2D eigenvalue weighted by atomic mass is 16.9. The number of hydrogen-bond donors (Lipinski definition) is 3. The number of carbonyl (C=O) groups is 3. The Morgan fingerprint density at radius 2 is 0.979 bits per heavy atom. The molecule has 0 aromatic rings. The molecular formula is C39H78N2O7. The van der Waals surface area contributed by atoms with Gasteiger partial charge in [0.2, 0.25) is 0 Å². The molecule has 0 spiro atoms. The molecule has 286 valence electrons. The topological polar surface area (TPSA) is 137 Å². The summed E-state index contributed by atoms with van der Waals surface area (Å²) < 4.78 is 5.38. The Hall–Kier alpha value is -1.55. The number of nitrogens with two attached hydrogens (primary N) is 1. The third-order valence-electron chi connectivity index (χ3n) is 8.89. The van der Waals surface area contributed by atoms with Gasteiger partial charge in [-0.05, 0) is 25.7 Å². The highest BCUT2D eigenvalue weighted by molar-refractivity contribution is 5.80. The number of aliphatic carboxylic acids is 1. The van der Waals surface area contributed by atoms with E-state index in [0.29, 0.717) is 18.6 Å².